The summed E-state index contributed by atoms with van der Waals surface area (Å²) in [5.74, 6) is 0. The maximum absolute atomic E-state index is 6.21. The first-order valence-corrected chi connectivity index (χ1v) is 7.25. The van der Waals surface area contributed by atoms with Crippen molar-refractivity contribution in [3.63, 3.8) is 0 Å². The van der Waals surface area contributed by atoms with Gasteiger partial charge >= 0.3 is 0 Å². The third-order valence-corrected chi connectivity index (χ3v) is 3.97. The van der Waals surface area contributed by atoms with E-state index in [2.05, 4.69) is 61.0 Å². The van der Waals surface area contributed by atoms with Crippen molar-refractivity contribution in [2.24, 2.45) is 5.73 Å². The van der Waals surface area contributed by atoms with Gasteiger partial charge in [0.05, 0.1) is 6.26 Å². The minimum absolute atomic E-state index is 0.0476. The molecule has 2 aromatic rings. The van der Waals surface area contributed by atoms with Gasteiger partial charge in [0.1, 0.15) is 0 Å². The van der Waals surface area contributed by atoms with Crippen molar-refractivity contribution in [1.29, 1.82) is 0 Å². The largest absolute Gasteiger partial charge is 0.457 e. The van der Waals surface area contributed by atoms with E-state index in [0.717, 1.165) is 16.7 Å². The van der Waals surface area contributed by atoms with Crippen LogP contribution in [0, 0.1) is 0 Å². The molecule has 2 rings (SSSR count). The van der Waals surface area contributed by atoms with Crippen molar-refractivity contribution < 1.29 is 4.42 Å². The molecule has 0 aliphatic rings. The van der Waals surface area contributed by atoms with E-state index in [4.69, 9.17) is 10.2 Å². The predicted octanol–water partition coefficient (Wildman–Crippen LogP) is 4.58. The van der Waals surface area contributed by atoms with Gasteiger partial charge in [-0.15, -0.1) is 0 Å². The highest BCUT2D eigenvalue weighted by Gasteiger charge is 2.15. The molecule has 1 aromatic carbocycles. The highest BCUT2D eigenvalue weighted by molar-refractivity contribution is 9.10. The Morgan fingerprint density at radius 3 is 2.26 bits per heavy atom. The summed E-state index contributed by atoms with van der Waals surface area (Å²) in [5.41, 5.74) is 9.99. The summed E-state index contributed by atoms with van der Waals surface area (Å²) in [6.07, 6.45) is 2.46. The van der Waals surface area contributed by atoms with Gasteiger partial charge in [-0.2, -0.15) is 0 Å². The molecule has 102 valence electrons. The Bertz CT molecular complexity index is 537. The average molecular weight is 322 g/mol. The Kier molecular flexibility index (Phi) is 4.16. The van der Waals surface area contributed by atoms with Crippen LogP contribution < -0.4 is 5.73 Å². The van der Waals surface area contributed by atoms with E-state index in [1.165, 1.54) is 11.1 Å². The fourth-order valence-electron chi connectivity index (χ4n) is 2.07. The SMILES string of the molecule is CC(C)(C)c1ccc(CC(N)c2ccoc2Br)cc1. The molecule has 1 atom stereocenters. The minimum Gasteiger partial charge on any atom is -0.457 e. The topological polar surface area (TPSA) is 39.2 Å². The summed E-state index contributed by atoms with van der Waals surface area (Å²) < 4.78 is 5.95. The zero-order valence-electron chi connectivity index (χ0n) is 11.6. The first kappa shape index (κ1) is 14.4. The van der Waals surface area contributed by atoms with Gasteiger partial charge in [-0.3, -0.25) is 0 Å². The van der Waals surface area contributed by atoms with Crippen LogP contribution >= 0.6 is 15.9 Å². The molecular weight excluding hydrogens is 302 g/mol. The predicted molar refractivity (Wildman–Crippen MR) is 82.2 cm³/mol. The molecule has 0 aliphatic carbocycles. The second-order valence-corrected chi connectivity index (χ2v) is 6.63. The number of halogens is 1. The second-order valence-electron chi connectivity index (χ2n) is 5.91. The van der Waals surface area contributed by atoms with Gasteiger partial charge in [0.25, 0.3) is 0 Å². The van der Waals surface area contributed by atoms with E-state index in [9.17, 15) is 0 Å². The average Bonchev–Trinajstić information content (AvgIpc) is 2.75. The second kappa shape index (κ2) is 5.51. The standard InChI is InChI=1S/C16H20BrNO/c1-16(2,3)12-6-4-11(5-7-12)10-14(18)13-8-9-19-15(13)17/h4-9,14H,10,18H2,1-3H3. The molecular formula is C16H20BrNO. The van der Waals surface area contributed by atoms with Crippen molar-refractivity contribution in [3.05, 3.63) is 58.0 Å². The Balaban J connectivity index is 2.10. The van der Waals surface area contributed by atoms with E-state index in [0.29, 0.717) is 0 Å². The van der Waals surface area contributed by atoms with Gasteiger partial charge in [-0.25, -0.2) is 0 Å². The molecule has 0 spiro atoms. The summed E-state index contributed by atoms with van der Waals surface area (Å²) in [6.45, 7) is 6.66. The fraction of sp³-hybridized carbons (Fsp3) is 0.375. The van der Waals surface area contributed by atoms with Crippen LogP contribution in [0.3, 0.4) is 0 Å². The third-order valence-electron chi connectivity index (χ3n) is 3.32. The van der Waals surface area contributed by atoms with E-state index in [1.54, 1.807) is 6.26 Å². The smallest absolute Gasteiger partial charge is 0.173 e. The molecule has 1 aromatic heterocycles. The van der Waals surface area contributed by atoms with E-state index in [1.807, 2.05) is 6.07 Å². The summed E-state index contributed by atoms with van der Waals surface area (Å²) in [4.78, 5) is 0. The van der Waals surface area contributed by atoms with Crippen LogP contribution in [0.2, 0.25) is 0 Å². The number of rotatable bonds is 3. The Labute approximate surface area is 123 Å². The maximum atomic E-state index is 6.21. The Morgan fingerprint density at radius 2 is 1.79 bits per heavy atom. The van der Waals surface area contributed by atoms with Crippen molar-refractivity contribution in [3.8, 4) is 0 Å². The van der Waals surface area contributed by atoms with Gasteiger partial charge < -0.3 is 10.2 Å². The van der Waals surface area contributed by atoms with Crippen molar-refractivity contribution >= 4 is 15.9 Å². The number of benzene rings is 1. The molecule has 0 saturated heterocycles. The van der Waals surface area contributed by atoms with Crippen LogP contribution in [0.1, 0.15) is 43.5 Å². The first-order chi connectivity index (χ1) is 8.88. The quantitative estimate of drug-likeness (QED) is 0.898. The molecule has 3 heteroatoms. The molecule has 0 fully saturated rings. The summed E-state index contributed by atoms with van der Waals surface area (Å²) >= 11 is 3.37. The monoisotopic (exact) mass is 321 g/mol. The number of furan rings is 1. The summed E-state index contributed by atoms with van der Waals surface area (Å²) in [5, 5.41) is 0. The summed E-state index contributed by atoms with van der Waals surface area (Å²) in [7, 11) is 0. The van der Waals surface area contributed by atoms with Gasteiger partial charge in [-0.1, -0.05) is 45.0 Å². The maximum Gasteiger partial charge on any atom is 0.173 e. The van der Waals surface area contributed by atoms with Crippen molar-refractivity contribution in [1.82, 2.24) is 0 Å². The molecule has 1 heterocycles. The van der Waals surface area contributed by atoms with Crippen LogP contribution in [-0.2, 0) is 11.8 Å². The van der Waals surface area contributed by atoms with Gasteiger partial charge in [0, 0.05) is 11.6 Å². The van der Waals surface area contributed by atoms with Gasteiger partial charge in [0.15, 0.2) is 4.67 Å². The molecule has 2 nitrogen and oxygen atoms in total. The molecule has 19 heavy (non-hydrogen) atoms. The Morgan fingerprint density at radius 1 is 1.16 bits per heavy atom. The van der Waals surface area contributed by atoms with Crippen LogP contribution in [-0.4, -0.2) is 0 Å². The Hall–Kier alpha value is -1.06. The highest BCUT2D eigenvalue weighted by Crippen LogP contribution is 2.27. The van der Waals surface area contributed by atoms with Crippen LogP contribution in [0.4, 0.5) is 0 Å². The zero-order chi connectivity index (χ0) is 14.0. The number of hydrogen-bond donors (Lipinski definition) is 1. The van der Waals surface area contributed by atoms with E-state index in [-0.39, 0.29) is 11.5 Å². The third kappa shape index (κ3) is 3.48. The fourth-order valence-corrected chi connectivity index (χ4v) is 2.61. The van der Waals surface area contributed by atoms with Crippen molar-refractivity contribution in [2.45, 2.75) is 38.6 Å². The molecule has 0 aliphatic heterocycles. The highest BCUT2D eigenvalue weighted by atomic mass is 79.9. The molecule has 2 N–H and O–H groups in total. The van der Waals surface area contributed by atoms with Gasteiger partial charge in [0.2, 0.25) is 0 Å². The van der Waals surface area contributed by atoms with Crippen LogP contribution in [0.25, 0.3) is 0 Å². The molecule has 1 unspecified atom stereocenters. The zero-order valence-corrected chi connectivity index (χ0v) is 13.2. The lowest BCUT2D eigenvalue weighted by atomic mass is 9.86. The lowest BCUT2D eigenvalue weighted by Gasteiger charge is -2.19. The molecule has 0 radical (unpaired) electrons. The molecule has 0 bridgehead atoms. The number of hydrogen-bond acceptors (Lipinski definition) is 2. The number of nitrogens with two attached hydrogens (primary N) is 1. The lowest BCUT2D eigenvalue weighted by Crippen LogP contribution is -2.14. The minimum atomic E-state index is -0.0476. The van der Waals surface area contributed by atoms with Crippen LogP contribution in [0.5, 0.6) is 0 Å². The first-order valence-electron chi connectivity index (χ1n) is 6.46. The van der Waals surface area contributed by atoms with Gasteiger partial charge in [-0.05, 0) is 45.0 Å². The molecule has 0 amide bonds. The lowest BCUT2D eigenvalue weighted by molar-refractivity contribution is 0.531. The molecule has 0 saturated carbocycles. The van der Waals surface area contributed by atoms with Crippen LogP contribution in [0.15, 0.2) is 45.7 Å². The normalized spacial score (nSPS) is 13.5. The van der Waals surface area contributed by atoms with E-state index < -0.39 is 0 Å². The van der Waals surface area contributed by atoms with Crippen molar-refractivity contribution in [2.75, 3.05) is 0 Å². The van der Waals surface area contributed by atoms with E-state index >= 15 is 0 Å². The summed E-state index contributed by atoms with van der Waals surface area (Å²) in [6, 6.07) is 10.6.